The summed E-state index contributed by atoms with van der Waals surface area (Å²) in [6.45, 7) is 0.153. The molecule has 0 spiro atoms. The lowest BCUT2D eigenvalue weighted by Gasteiger charge is -2.16. The maximum Gasteiger partial charge on any atom is 0.259 e. The number of pyridine rings is 1. The third kappa shape index (κ3) is 5.14. The number of methoxy groups -OCH3 is 1. The highest BCUT2D eigenvalue weighted by Crippen LogP contribution is 2.35. The highest BCUT2D eigenvalue weighted by Gasteiger charge is 2.17. The molecule has 0 saturated carbocycles. The molecule has 1 aromatic carbocycles. The number of nitrogens with zero attached hydrogens (tertiary/aromatic N) is 3. The van der Waals surface area contributed by atoms with Gasteiger partial charge in [0.15, 0.2) is 11.5 Å². The van der Waals surface area contributed by atoms with E-state index in [-0.39, 0.29) is 35.2 Å². The quantitative estimate of drug-likeness (QED) is 0.467. The minimum Gasteiger partial charge on any atom is -0.492 e. The number of hydrogen-bond acceptors (Lipinski definition) is 9. The van der Waals surface area contributed by atoms with Crippen molar-refractivity contribution in [1.82, 2.24) is 14.5 Å². The summed E-state index contributed by atoms with van der Waals surface area (Å²) >= 11 is 0. The molecule has 170 valence electrons. The molecule has 2 heterocycles. The van der Waals surface area contributed by atoms with Crippen molar-refractivity contribution in [1.29, 1.82) is 0 Å². The fourth-order valence-corrected chi connectivity index (χ4v) is 3.67. The molecule has 0 saturated heterocycles. The van der Waals surface area contributed by atoms with Crippen molar-refractivity contribution in [3.05, 3.63) is 46.5 Å². The van der Waals surface area contributed by atoms with Crippen LogP contribution in [0.5, 0.6) is 11.5 Å². The van der Waals surface area contributed by atoms with Crippen LogP contribution in [0.25, 0.3) is 10.8 Å². The number of nitrogen functional groups attached to an aromatic ring is 1. The van der Waals surface area contributed by atoms with E-state index in [9.17, 15) is 18.0 Å². The first-order valence-corrected chi connectivity index (χ1v) is 11.6. The molecule has 0 aliphatic heterocycles. The Labute approximate surface area is 184 Å². The van der Waals surface area contributed by atoms with Crippen LogP contribution < -0.4 is 26.1 Å². The second-order valence-corrected chi connectivity index (χ2v) is 9.33. The third-order valence-corrected chi connectivity index (χ3v) is 5.66. The average Bonchev–Trinajstić information content (AvgIpc) is 2.74. The highest BCUT2D eigenvalue weighted by atomic mass is 32.2. The van der Waals surface area contributed by atoms with Gasteiger partial charge in [-0.3, -0.25) is 14.2 Å². The maximum atomic E-state index is 12.9. The molecule has 0 bridgehead atoms. The number of fused-ring (bicyclic) bond motifs is 1. The molecular formula is C20H23N5O6S. The van der Waals surface area contributed by atoms with E-state index >= 15 is 0 Å². The Bertz CT molecular complexity index is 1320. The molecule has 0 fully saturated rings. The van der Waals surface area contributed by atoms with E-state index in [2.05, 4.69) is 15.3 Å². The molecule has 2 aromatic heterocycles. The van der Waals surface area contributed by atoms with Crippen molar-refractivity contribution in [3.63, 3.8) is 0 Å². The molecule has 1 amide bonds. The van der Waals surface area contributed by atoms with Crippen molar-refractivity contribution in [2.24, 2.45) is 7.05 Å². The monoisotopic (exact) mass is 461 g/mol. The summed E-state index contributed by atoms with van der Waals surface area (Å²) in [4.78, 5) is 33.0. The summed E-state index contributed by atoms with van der Waals surface area (Å²) in [6.07, 6.45) is 4.02. The summed E-state index contributed by atoms with van der Waals surface area (Å²) in [7, 11) is -0.136. The number of carbonyl (C=O) groups is 1. The van der Waals surface area contributed by atoms with E-state index in [0.717, 1.165) is 6.26 Å². The van der Waals surface area contributed by atoms with Crippen LogP contribution in [0.1, 0.15) is 16.8 Å². The van der Waals surface area contributed by atoms with Crippen LogP contribution in [-0.2, 0) is 16.9 Å². The lowest BCUT2D eigenvalue weighted by Crippen LogP contribution is -2.24. The van der Waals surface area contributed by atoms with Crippen molar-refractivity contribution < 1.29 is 22.7 Å². The first-order valence-electron chi connectivity index (χ1n) is 9.51. The van der Waals surface area contributed by atoms with Gasteiger partial charge >= 0.3 is 0 Å². The molecule has 0 radical (unpaired) electrons. The Morgan fingerprint density at radius 2 is 1.91 bits per heavy atom. The van der Waals surface area contributed by atoms with Gasteiger partial charge in [-0.15, -0.1) is 0 Å². The van der Waals surface area contributed by atoms with Crippen molar-refractivity contribution in [3.8, 4) is 11.5 Å². The number of carbonyl (C=O) groups excluding carboxylic acids is 1. The maximum absolute atomic E-state index is 12.9. The molecule has 0 aliphatic carbocycles. The predicted octanol–water partition coefficient (Wildman–Crippen LogP) is 0.985. The Hall–Kier alpha value is -3.67. The SMILES string of the molecule is COc1c(OCCCS(C)(=O)=O)ccc2c(=O)n(C)c(NC(=O)c3cnc(N)nc3)cc12. The Balaban J connectivity index is 1.94. The van der Waals surface area contributed by atoms with E-state index in [4.69, 9.17) is 15.2 Å². The lowest BCUT2D eigenvalue weighted by molar-refractivity contribution is 0.102. The van der Waals surface area contributed by atoms with E-state index < -0.39 is 15.7 Å². The molecule has 11 nitrogen and oxygen atoms in total. The predicted molar refractivity (Wildman–Crippen MR) is 120 cm³/mol. The number of nitrogens with one attached hydrogen (secondary N) is 1. The molecule has 32 heavy (non-hydrogen) atoms. The van der Waals surface area contributed by atoms with E-state index in [1.807, 2.05) is 0 Å². The van der Waals surface area contributed by atoms with E-state index in [1.165, 1.54) is 31.1 Å². The number of hydrogen-bond donors (Lipinski definition) is 2. The van der Waals surface area contributed by atoms with Crippen LogP contribution >= 0.6 is 0 Å². The second-order valence-electron chi connectivity index (χ2n) is 7.07. The van der Waals surface area contributed by atoms with Crippen molar-refractivity contribution in [2.45, 2.75) is 6.42 Å². The van der Waals surface area contributed by atoms with Gasteiger partial charge in [0.2, 0.25) is 5.95 Å². The standard InChI is InChI=1S/C20H23N5O6S/c1-25-16(24-18(26)12-10-22-20(21)23-11-12)9-14-13(19(25)27)5-6-15(17(14)30-2)31-7-4-8-32(3,28)29/h5-6,9-11H,4,7-8H2,1-3H3,(H,24,26)(H2,21,22,23). The zero-order valence-corrected chi connectivity index (χ0v) is 18.6. The molecule has 0 unspecified atom stereocenters. The molecular weight excluding hydrogens is 438 g/mol. The van der Waals surface area contributed by atoms with Crippen molar-refractivity contribution >= 4 is 38.3 Å². The Kier molecular flexibility index (Phi) is 6.63. The number of nitrogens with two attached hydrogens (primary N) is 1. The normalized spacial score (nSPS) is 11.3. The summed E-state index contributed by atoms with van der Waals surface area (Å²) < 4.78 is 35.0. The summed E-state index contributed by atoms with van der Waals surface area (Å²) in [5.74, 6) is 0.378. The zero-order chi connectivity index (χ0) is 23.5. The first kappa shape index (κ1) is 23.0. The second kappa shape index (κ2) is 9.22. The summed E-state index contributed by atoms with van der Waals surface area (Å²) in [6, 6.07) is 4.77. The molecule has 12 heteroatoms. The van der Waals surface area contributed by atoms with Crippen LogP contribution in [-0.4, -0.2) is 54.6 Å². The van der Waals surface area contributed by atoms with Gasteiger partial charge in [-0.2, -0.15) is 0 Å². The van der Waals surface area contributed by atoms with Crippen LogP contribution in [0, 0.1) is 0 Å². The molecule has 0 aliphatic rings. The summed E-state index contributed by atoms with van der Waals surface area (Å²) in [5, 5.41) is 3.45. The number of sulfone groups is 1. The minimum atomic E-state index is -3.09. The van der Waals surface area contributed by atoms with Gasteiger partial charge in [0.25, 0.3) is 11.5 Å². The van der Waals surface area contributed by atoms with Gasteiger partial charge in [0, 0.05) is 31.1 Å². The Morgan fingerprint density at radius 1 is 1.22 bits per heavy atom. The van der Waals surface area contributed by atoms with E-state index in [0.29, 0.717) is 28.7 Å². The van der Waals surface area contributed by atoms with Gasteiger partial charge in [-0.1, -0.05) is 0 Å². The van der Waals surface area contributed by atoms with Gasteiger partial charge < -0.3 is 20.5 Å². The molecule has 3 N–H and O–H groups in total. The smallest absolute Gasteiger partial charge is 0.259 e. The van der Waals surface area contributed by atoms with Crippen LogP contribution in [0.15, 0.2) is 35.4 Å². The van der Waals surface area contributed by atoms with Crippen LogP contribution in [0.3, 0.4) is 0 Å². The number of aromatic nitrogens is 3. The molecule has 0 atom stereocenters. The number of benzene rings is 1. The average molecular weight is 462 g/mol. The third-order valence-electron chi connectivity index (χ3n) is 4.63. The highest BCUT2D eigenvalue weighted by molar-refractivity contribution is 7.90. The number of anilines is 2. The van der Waals surface area contributed by atoms with Gasteiger partial charge in [0.1, 0.15) is 15.7 Å². The van der Waals surface area contributed by atoms with Crippen LogP contribution in [0.4, 0.5) is 11.8 Å². The summed E-state index contributed by atoms with van der Waals surface area (Å²) in [5.41, 5.74) is 5.26. The fraction of sp³-hybridized carbons (Fsp3) is 0.300. The minimum absolute atomic E-state index is 0.00549. The molecule has 3 aromatic rings. The number of rotatable bonds is 8. The van der Waals surface area contributed by atoms with Crippen LogP contribution in [0.2, 0.25) is 0 Å². The molecule has 3 rings (SSSR count). The zero-order valence-electron chi connectivity index (χ0n) is 17.8. The topological polar surface area (TPSA) is 156 Å². The van der Waals surface area contributed by atoms with Gasteiger partial charge in [-0.05, 0) is 24.6 Å². The number of amides is 1. The van der Waals surface area contributed by atoms with Gasteiger partial charge in [0.05, 0.1) is 30.4 Å². The van der Waals surface area contributed by atoms with Gasteiger partial charge in [-0.25, -0.2) is 18.4 Å². The van der Waals surface area contributed by atoms with Crippen molar-refractivity contribution in [2.75, 3.05) is 36.8 Å². The number of ether oxygens (including phenoxy) is 2. The Morgan fingerprint density at radius 3 is 2.53 bits per heavy atom. The largest absolute Gasteiger partial charge is 0.492 e. The lowest BCUT2D eigenvalue weighted by atomic mass is 10.1. The van der Waals surface area contributed by atoms with E-state index in [1.54, 1.807) is 18.2 Å². The fourth-order valence-electron chi connectivity index (χ4n) is 3.02. The first-order chi connectivity index (χ1) is 15.1.